The highest BCUT2D eigenvalue weighted by Gasteiger charge is 2.36. The van der Waals surface area contributed by atoms with E-state index in [-0.39, 0.29) is 0 Å². The molecule has 2 aliphatic carbocycles. The molecule has 1 atom stereocenters. The Labute approximate surface area is 230 Å². The lowest BCUT2D eigenvalue weighted by molar-refractivity contribution is 0.418. The molecular formula is C32H64B3N. The summed E-state index contributed by atoms with van der Waals surface area (Å²) < 4.78 is 0. The zero-order valence-electron chi connectivity index (χ0n) is 25.2. The van der Waals surface area contributed by atoms with Crippen LogP contribution in [-0.4, -0.2) is 39.1 Å². The van der Waals surface area contributed by atoms with E-state index in [1.807, 2.05) is 0 Å². The molecule has 0 aromatic rings. The van der Waals surface area contributed by atoms with Crippen molar-refractivity contribution in [3.8, 4) is 0 Å². The van der Waals surface area contributed by atoms with Gasteiger partial charge in [-0.3, -0.25) is 0 Å². The predicted molar refractivity (Wildman–Crippen MR) is 169 cm³/mol. The maximum Gasteiger partial charge on any atom is 0.165 e. The summed E-state index contributed by atoms with van der Waals surface area (Å²) >= 11 is 0. The summed E-state index contributed by atoms with van der Waals surface area (Å²) in [6.07, 6.45) is 38.7. The zero-order chi connectivity index (χ0) is 25.4. The largest absolute Gasteiger partial charge is 0.356 e. The van der Waals surface area contributed by atoms with Crippen LogP contribution in [0.4, 0.5) is 0 Å². The SMILES string of the molecule is CC1(BC2CCCN2BBC2(C)CCCCCCCCCCC2)CCCCCCCCCCCCC1. The monoisotopic (exact) mass is 496 g/mol. The summed E-state index contributed by atoms with van der Waals surface area (Å²) in [7, 11) is 4.33. The molecule has 0 radical (unpaired) electrons. The van der Waals surface area contributed by atoms with E-state index in [4.69, 9.17) is 0 Å². The van der Waals surface area contributed by atoms with Crippen molar-refractivity contribution >= 4 is 21.8 Å². The minimum atomic E-state index is 0.592. The Balaban J connectivity index is 1.51. The molecule has 1 aliphatic heterocycles. The predicted octanol–water partition coefficient (Wildman–Crippen LogP) is 9.29. The Hall–Kier alpha value is 0.155. The maximum atomic E-state index is 2.98. The van der Waals surface area contributed by atoms with Crippen molar-refractivity contribution in [2.24, 2.45) is 0 Å². The van der Waals surface area contributed by atoms with Crippen LogP contribution in [-0.2, 0) is 0 Å². The van der Waals surface area contributed by atoms with Gasteiger partial charge in [0, 0.05) is 0 Å². The highest BCUT2D eigenvalue weighted by Crippen LogP contribution is 2.41. The minimum Gasteiger partial charge on any atom is -0.356 e. The fourth-order valence-corrected chi connectivity index (χ4v) is 8.14. The van der Waals surface area contributed by atoms with E-state index < -0.39 is 0 Å². The Morgan fingerprint density at radius 2 is 0.833 bits per heavy atom. The topological polar surface area (TPSA) is 3.24 Å². The third kappa shape index (κ3) is 12.3. The van der Waals surface area contributed by atoms with Gasteiger partial charge in [0.25, 0.3) is 0 Å². The average molecular weight is 495 g/mol. The first-order chi connectivity index (χ1) is 17.6. The van der Waals surface area contributed by atoms with Crippen molar-refractivity contribution in [3.05, 3.63) is 0 Å². The Morgan fingerprint density at radius 1 is 0.472 bits per heavy atom. The van der Waals surface area contributed by atoms with Gasteiger partial charge in [-0.2, -0.15) is 0 Å². The second kappa shape index (κ2) is 17.7. The summed E-state index contributed by atoms with van der Waals surface area (Å²) in [6, 6.07) is 0. The van der Waals surface area contributed by atoms with E-state index in [0.29, 0.717) is 10.6 Å². The molecule has 0 aromatic carbocycles. The van der Waals surface area contributed by atoms with Crippen LogP contribution in [0, 0.1) is 0 Å². The Kier molecular flexibility index (Phi) is 15.1. The maximum absolute atomic E-state index is 2.98. The van der Waals surface area contributed by atoms with Crippen LogP contribution in [0.2, 0.25) is 10.6 Å². The van der Waals surface area contributed by atoms with Gasteiger partial charge in [-0.1, -0.05) is 179 Å². The van der Waals surface area contributed by atoms with Gasteiger partial charge >= 0.3 is 0 Å². The standard InChI is InChI=1S/C32H64B3N/c1-31(25-19-15-11-7-4-3-5-8-12-16-20-26-31)33-30-24-23-29-36(30)35-34-32(2)27-21-17-13-9-6-10-14-18-22-28-32/h30,33-35H,3-29H2,1-2H3. The second-order valence-electron chi connectivity index (χ2n) is 14.5. The van der Waals surface area contributed by atoms with Gasteiger partial charge in [0.2, 0.25) is 0 Å². The van der Waals surface area contributed by atoms with Crippen molar-refractivity contribution < 1.29 is 0 Å². The molecule has 1 unspecified atom stereocenters. The Morgan fingerprint density at radius 3 is 1.25 bits per heavy atom. The van der Waals surface area contributed by atoms with Crippen LogP contribution in [0.25, 0.3) is 0 Å². The molecule has 0 spiro atoms. The molecule has 1 heterocycles. The van der Waals surface area contributed by atoms with Gasteiger partial charge in [0.15, 0.2) is 7.31 Å². The van der Waals surface area contributed by atoms with Crippen LogP contribution >= 0.6 is 0 Å². The smallest absolute Gasteiger partial charge is 0.165 e. The molecule has 3 rings (SSSR count). The summed E-state index contributed by atoms with van der Waals surface area (Å²) in [4.78, 5) is 2.98. The van der Waals surface area contributed by atoms with E-state index >= 15 is 0 Å². The number of nitrogens with zero attached hydrogens (tertiary/aromatic N) is 1. The van der Waals surface area contributed by atoms with E-state index in [0.717, 1.165) is 5.94 Å². The highest BCUT2D eigenvalue weighted by atomic mass is 15.1. The molecule has 3 aliphatic rings. The van der Waals surface area contributed by atoms with E-state index in [1.165, 1.54) is 195 Å². The normalized spacial score (nSPS) is 28.7. The van der Waals surface area contributed by atoms with Gasteiger partial charge in [0.1, 0.15) is 14.4 Å². The average Bonchev–Trinajstić information content (AvgIpc) is 3.29. The first-order valence-corrected chi connectivity index (χ1v) is 17.3. The van der Waals surface area contributed by atoms with Crippen LogP contribution in [0.1, 0.15) is 181 Å². The molecule has 0 aromatic heterocycles. The van der Waals surface area contributed by atoms with Crippen LogP contribution < -0.4 is 0 Å². The summed E-state index contributed by atoms with van der Waals surface area (Å²) in [5.41, 5.74) is 0. The van der Waals surface area contributed by atoms with Gasteiger partial charge < -0.3 is 4.81 Å². The zero-order valence-corrected chi connectivity index (χ0v) is 25.2. The Bertz CT molecular complexity index is 528. The second-order valence-corrected chi connectivity index (χ2v) is 14.5. The number of hydrogen-bond donors (Lipinski definition) is 0. The lowest BCUT2D eigenvalue weighted by Gasteiger charge is -2.37. The molecule has 2 saturated carbocycles. The fourth-order valence-electron chi connectivity index (χ4n) is 8.14. The van der Waals surface area contributed by atoms with Crippen molar-refractivity contribution in [2.75, 3.05) is 6.54 Å². The third-order valence-corrected chi connectivity index (χ3v) is 10.9. The highest BCUT2D eigenvalue weighted by molar-refractivity contribution is 7.00. The molecule has 1 nitrogen and oxygen atoms in total. The van der Waals surface area contributed by atoms with Gasteiger partial charge in [0.05, 0.1) is 0 Å². The van der Waals surface area contributed by atoms with Crippen molar-refractivity contribution in [1.82, 2.24) is 4.81 Å². The molecule has 0 amide bonds. The van der Waals surface area contributed by atoms with Crippen LogP contribution in [0.5, 0.6) is 0 Å². The molecular weight excluding hydrogens is 431 g/mol. The summed E-state index contributed by atoms with van der Waals surface area (Å²) in [6.45, 7) is 6.75. The first kappa shape index (κ1) is 30.7. The van der Waals surface area contributed by atoms with Crippen molar-refractivity contribution in [3.63, 3.8) is 0 Å². The first-order valence-electron chi connectivity index (χ1n) is 17.3. The fraction of sp³-hybridized carbons (Fsp3) is 1.00. The lowest BCUT2D eigenvalue weighted by atomic mass is 9.30. The molecule has 4 heteroatoms. The van der Waals surface area contributed by atoms with Gasteiger partial charge in [-0.05, 0) is 25.3 Å². The van der Waals surface area contributed by atoms with E-state index in [9.17, 15) is 0 Å². The van der Waals surface area contributed by atoms with Crippen LogP contribution in [0.15, 0.2) is 0 Å². The molecule has 3 fully saturated rings. The molecule has 0 bridgehead atoms. The molecule has 206 valence electrons. The number of rotatable bonds is 5. The summed E-state index contributed by atoms with van der Waals surface area (Å²) in [5.74, 6) is 0.878. The molecule has 1 saturated heterocycles. The molecule has 36 heavy (non-hydrogen) atoms. The lowest BCUT2D eigenvalue weighted by Crippen LogP contribution is -2.45. The third-order valence-electron chi connectivity index (χ3n) is 10.9. The van der Waals surface area contributed by atoms with Crippen molar-refractivity contribution in [2.45, 2.75) is 197 Å². The van der Waals surface area contributed by atoms with Gasteiger partial charge in [-0.15, -0.1) is 0 Å². The van der Waals surface area contributed by atoms with E-state index in [1.54, 1.807) is 0 Å². The number of hydrogen-bond acceptors (Lipinski definition) is 1. The minimum absolute atomic E-state index is 0.592. The van der Waals surface area contributed by atoms with Crippen LogP contribution in [0.3, 0.4) is 0 Å². The quantitative estimate of drug-likeness (QED) is 0.344. The van der Waals surface area contributed by atoms with Crippen molar-refractivity contribution in [1.29, 1.82) is 0 Å². The summed E-state index contributed by atoms with van der Waals surface area (Å²) in [5, 5.41) is 1.19. The van der Waals surface area contributed by atoms with E-state index in [2.05, 4.69) is 18.7 Å². The molecule has 0 N–H and O–H groups in total. The van der Waals surface area contributed by atoms with Gasteiger partial charge in [-0.25, -0.2) is 0 Å².